The number of aryl methyl sites for hydroxylation is 1. The van der Waals surface area contributed by atoms with Gasteiger partial charge in [0.1, 0.15) is 5.82 Å². The molecular weight excluding hydrogens is 547 g/mol. The molecule has 0 unspecified atom stereocenters. The van der Waals surface area contributed by atoms with Gasteiger partial charge in [0.15, 0.2) is 0 Å². The van der Waals surface area contributed by atoms with Crippen molar-refractivity contribution in [2.24, 2.45) is 5.10 Å². The minimum Gasteiger partial charge on any atom is -0.316 e. The molecule has 5 rings (SSSR count). The van der Waals surface area contributed by atoms with Crippen LogP contribution in [0.25, 0.3) is 16.6 Å². The molecule has 0 N–H and O–H groups in total. The largest absolute Gasteiger partial charge is 0.316 e. The highest BCUT2D eigenvalue weighted by molar-refractivity contribution is 9.10. The minimum absolute atomic E-state index is 0.153. The number of hydrogen-bond acceptors (Lipinski definition) is 3. The molecule has 0 amide bonds. The van der Waals surface area contributed by atoms with Crippen molar-refractivity contribution >= 4 is 56.2 Å². The van der Waals surface area contributed by atoms with Crippen molar-refractivity contribution in [2.75, 3.05) is 0 Å². The Kier molecular flexibility index (Phi) is 6.88. The first-order valence-corrected chi connectivity index (χ1v) is 13.3. The van der Waals surface area contributed by atoms with E-state index in [1.54, 1.807) is 12.3 Å². The van der Waals surface area contributed by atoms with Crippen LogP contribution in [0.1, 0.15) is 60.8 Å². The zero-order valence-corrected chi connectivity index (χ0v) is 22.7. The summed E-state index contributed by atoms with van der Waals surface area (Å²) in [6.45, 7) is 4.02. The quantitative estimate of drug-likeness (QED) is 0.235. The highest BCUT2D eigenvalue weighted by Crippen LogP contribution is 2.33. The normalized spacial score (nSPS) is 14.9. The molecule has 0 aliphatic heterocycles. The van der Waals surface area contributed by atoms with Crippen LogP contribution in [0.3, 0.4) is 0 Å². The maximum Gasteiger partial charge on any atom is 0.282 e. The summed E-state index contributed by atoms with van der Waals surface area (Å²) in [5.41, 5.74) is 4.21. The van der Waals surface area contributed by atoms with Crippen molar-refractivity contribution in [1.82, 2.24) is 14.2 Å². The molecule has 2 aromatic carbocycles. The van der Waals surface area contributed by atoms with E-state index in [2.05, 4.69) is 20.5 Å². The second-order valence-corrected chi connectivity index (χ2v) is 10.8. The van der Waals surface area contributed by atoms with Gasteiger partial charge in [0.2, 0.25) is 0 Å². The van der Waals surface area contributed by atoms with Gasteiger partial charge in [-0.15, -0.1) is 0 Å². The summed E-state index contributed by atoms with van der Waals surface area (Å²) in [7, 11) is 0. The van der Waals surface area contributed by atoms with Crippen molar-refractivity contribution in [3.05, 3.63) is 90.1 Å². The van der Waals surface area contributed by atoms with E-state index in [9.17, 15) is 4.79 Å². The summed E-state index contributed by atoms with van der Waals surface area (Å²) < 4.78 is 4.39. The lowest BCUT2D eigenvalue weighted by Crippen LogP contribution is -2.25. The highest BCUT2D eigenvalue weighted by Gasteiger charge is 2.23. The number of halogens is 3. The second-order valence-electron chi connectivity index (χ2n) is 9.06. The Balaban J connectivity index is 1.63. The molecular formula is C27H25BrCl2N4O. The van der Waals surface area contributed by atoms with Gasteiger partial charge in [0.05, 0.1) is 32.9 Å². The molecule has 0 bridgehead atoms. The van der Waals surface area contributed by atoms with E-state index in [1.165, 1.54) is 11.1 Å². The van der Waals surface area contributed by atoms with Gasteiger partial charge in [-0.25, -0.2) is 4.98 Å². The lowest BCUT2D eigenvalue weighted by atomic mass is 9.88. The third-order valence-corrected chi connectivity index (χ3v) is 8.06. The summed E-state index contributed by atoms with van der Waals surface area (Å²) in [5.74, 6) is 0.965. The highest BCUT2D eigenvalue weighted by atomic mass is 79.9. The van der Waals surface area contributed by atoms with Gasteiger partial charge >= 0.3 is 0 Å². The lowest BCUT2D eigenvalue weighted by molar-refractivity contribution is 0.416. The predicted molar refractivity (Wildman–Crippen MR) is 148 cm³/mol. The average molecular weight is 572 g/mol. The van der Waals surface area contributed by atoms with Crippen molar-refractivity contribution in [3.63, 3.8) is 0 Å². The van der Waals surface area contributed by atoms with Crippen LogP contribution in [0.4, 0.5) is 0 Å². The first-order chi connectivity index (χ1) is 16.8. The summed E-state index contributed by atoms with van der Waals surface area (Å²) >= 11 is 16.2. The minimum atomic E-state index is -0.153. The van der Waals surface area contributed by atoms with E-state index in [-0.39, 0.29) is 11.5 Å². The van der Waals surface area contributed by atoms with E-state index in [1.807, 2.05) is 50.2 Å². The summed E-state index contributed by atoms with van der Waals surface area (Å²) in [6.07, 6.45) is 7.30. The number of aromatic nitrogens is 3. The zero-order chi connectivity index (χ0) is 24.7. The van der Waals surface area contributed by atoms with E-state index >= 15 is 0 Å². The Hall–Kier alpha value is -2.41. The van der Waals surface area contributed by atoms with Crippen LogP contribution in [-0.2, 0) is 0 Å². The maximum atomic E-state index is 13.6. The summed E-state index contributed by atoms with van der Waals surface area (Å²) in [5, 5.41) is 6.26. The zero-order valence-electron chi connectivity index (χ0n) is 19.6. The number of fused-ring (bicyclic) bond motifs is 1. The molecule has 0 saturated heterocycles. The fraction of sp³-hybridized carbons (Fsp3) is 0.296. The van der Waals surface area contributed by atoms with Crippen molar-refractivity contribution in [3.8, 4) is 5.69 Å². The van der Waals surface area contributed by atoms with Crippen LogP contribution < -0.4 is 5.56 Å². The molecule has 1 saturated carbocycles. The molecule has 0 spiro atoms. The van der Waals surface area contributed by atoms with Gasteiger partial charge in [-0.1, -0.05) is 64.5 Å². The smallest absolute Gasteiger partial charge is 0.282 e. The monoisotopic (exact) mass is 570 g/mol. The number of hydrogen-bond donors (Lipinski definition) is 0. The van der Waals surface area contributed by atoms with Crippen LogP contribution in [0, 0.1) is 13.8 Å². The average Bonchev–Trinajstić information content (AvgIpc) is 3.13. The maximum absolute atomic E-state index is 13.6. The second kappa shape index (κ2) is 9.92. The first-order valence-electron chi connectivity index (χ1n) is 11.7. The summed E-state index contributed by atoms with van der Waals surface area (Å²) in [4.78, 5) is 18.5. The van der Waals surface area contributed by atoms with Crippen LogP contribution in [0.5, 0.6) is 0 Å². The van der Waals surface area contributed by atoms with E-state index in [0.717, 1.165) is 58.6 Å². The Morgan fingerprint density at radius 2 is 1.86 bits per heavy atom. The molecule has 4 aromatic rings. The SMILES string of the molecule is Cc1cc(C=Nn2c(C3CCCCC3)nc3ccc(Br)cc3c2=O)c(C)n1-c1cccc(Cl)c1Cl. The van der Waals surface area contributed by atoms with Gasteiger partial charge < -0.3 is 4.57 Å². The van der Waals surface area contributed by atoms with E-state index in [4.69, 9.17) is 33.3 Å². The lowest BCUT2D eigenvalue weighted by Gasteiger charge is -2.22. The van der Waals surface area contributed by atoms with Gasteiger partial charge in [-0.05, 0) is 63.1 Å². The van der Waals surface area contributed by atoms with Crippen molar-refractivity contribution in [1.29, 1.82) is 0 Å². The van der Waals surface area contributed by atoms with Crippen LogP contribution in [-0.4, -0.2) is 20.4 Å². The Morgan fingerprint density at radius 3 is 2.63 bits per heavy atom. The molecule has 2 heterocycles. The van der Waals surface area contributed by atoms with Crippen molar-refractivity contribution < 1.29 is 0 Å². The van der Waals surface area contributed by atoms with Crippen LogP contribution in [0.15, 0.2) is 56.8 Å². The van der Waals surface area contributed by atoms with Gasteiger partial charge in [0.25, 0.3) is 5.56 Å². The van der Waals surface area contributed by atoms with Crippen LogP contribution >= 0.6 is 39.1 Å². The molecule has 1 fully saturated rings. The molecule has 1 aliphatic carbocycles. The third kappa shape index (κ3) is 4.59. The molecule has 0 atom stereocenters. The number of nitrogens with zero attached hydrogens (tertiary/aromatic N) is 4. The molecule has 2 aromatic heterocycles. The molecule has 0 radical (unpaired) electrons. The predicted octanol–water partition coefficient (Wildman–Crippen LogP) is 7.80. The number of rotatable bonds is 4. The Labute approximate surface area is 222 Å². The van der Waals surface area contributed by atoms with Crippen LogP contribution in [0.2, 0.25) is 10.0 Å². The van der Waals surface area contributed by atoms with Gasteiger partial charge in [0, 0.05) is 27.3 Å². The number of benzene rings is 2. The fourth-order valence-corrected chi connectivity index (χ4v) is 5.72. The topological polar surface area (TPSA) is 52.2 Å². The standard InChI is InChI=1S/C27H25BrCl2N4O/c1-16-13-19(17(2)33(16)24-10-6-9-22(29)25(24)30)15-31-34-26(18-7-4-3-5-8-18)32-23-12-11-20(28)14-21(23)27(34)35/h6,9-15,18H,3-5,7-8H2,1-2H3. The van der Waals surface area contributed by atoms with Gasteiger partial charge in [-0.3, -0.25) is 4.79 Å². The molecule has 35 heavy (non-hydrogen) atoms. The van der Waals surface area contributed by atoms with E-state index < -0.39 is 0 Å². The van der Waals surface area contributed by atoms with Crippen molar-refractivity contribution in [2.45, 2.75) is 51.9 Å². The molecule has 180 valence electrons. The Morgan fingerprint density at radius 1 is 1.09 bits per heavy atom. The first kappa shape index (κ1) is 24.3. The molecule has 8 heteroatoms. The molecule has 5 nitrogen and oxygen atoms in total. The Bertz CT molecular complexity index is 1520. The van der Waals surface area contributed by atoms with E-state index in [0.29, 0.717) is 20.9 Å². The molecule has 1 aliphatic rings. The summed E-state index contributed by atoms with van der Waals surface area (Å²) in [6, 6.07) is 13.2. The third-order valence-electron chi connectivity index (χ3n) is 6.76. The fourth-order valence-electron chi connectivity index (χ4n) is 4.98. The van der Waals surface area contributed by atoms with Gasteiger partial charge in [-0.2, -0.15) is 9.78 Å².